The minimum Gasteiger partial charge on any atom is -0.328 e. The van der Waals surface area contributed by atoms with Crippen LogP contribution in [0.25, 0.3) is 0 Å². The maximum absolute atomic E-state index is 6.01. The van der Waals surface area contributed by atoms with E-state index in [0.29, 0.717) is 12.1 Å². The van der Waals surface area contributed by atoms with E-state index in [9.17, 15) is 0 Å². The first kappa shape index (κ1) is 14.8. The predicted molar refractivity (Wildman–Crippen MR) is 75.9 cm³/mol. The van der Waals surface area contributed by atoms with Gasteiger partial charge in [-0.05, 0) is 37.5 Å². The summed E-state index contributed by atoms with van der Waals surface area (Å²) in [5, 5.41) is 0.818. The SMILES string of the molecule is CC(c1cccc(Cl)c1)N1CCC(N)CC1.Cl. The molecule has 1 atom stereocenters. The highest BCUT2D eigenvalue weighted by atomic mass is 35.5. The Morgan fingerprint density at radius 2 is 2.00 bits per heavy atom. The van der Waals surface area contributed by atoms with Gasteiger partial charge in [0.05, 0.1) is 0 Å². The number of benzene rings is 1. The number of piperidine rings is 1. The molecule has 1 heterocycles. The molecule has 1 aliphatic rings. The zero-order valence-corrected chi connectivity index (χ0v) is 11.7. The Morgan fingerprint density at radius 3 is 2.59 bits per heavy atom. The lowest BCUT2D eigenvalue weighted by atomic mass is 10.0. The van der Waals surface area contributed by atoms with Crippen LogP contribution in [-0.2, 0) is 0 Å². The topological polar surface area (TPSA) is 29.3 Å². The van der Waals surface area contributed by atoms with Crippen LogP contribution in [0, 0.1) is 0 Å². The van der Waals surface area contributed by atoms with E-state index in [1.165, 1.54) is 5.56 Å². The molecule has 17 heavy (non-hydrogen) atoms. The number of likely N-dealkylation sites (tertiary alicyclic amines) is 1. The summed E-state index contributed by atoms with van der Waals surface area (Å²) >= 11 is 6.01. The van der Waals surface area contributed by atoms with E-state index in [2.05, 4.69) is 24.0 Å². The fraction of sp³-hybridized carbons (Fsp3) is 0.538. The highest BCUT2D eigenvalue weighted by Gasteiger charge is 2.21. The Kier molecular flexibility index (Phi) is 5.74. The van der Waals surface area contributed by atoms with Crippen LogP contribution in [0.4, 0.5) is 0 Å². The molecule has 0 spiro atoms. The Hall–Kier alpha value is -0.280. The zero-order valence-electron chi connectivity index (χ0n) is 10.1. The third-order valence-corrected chi connectivity index (χ3v) is 3.69. The van der Waals surface area contributed by atoms with Crippen LogP contribution in [0.15, 0.2) is 24.3 Å². The van der Waals surface area contributed by atoms with Crippen molar-refractivity contribution in [3.8, 4) is 0 Å². The van der Waals surface area contributed by atoms with Crippen molar-refractivity contribution in [2.45, 2.75) is 31.8 Å². The van der Waals surface area contributed by atoms with Gasteiger partial charge in [-0.1, -0.05) is 23.7 Å². The van der Waals surface area contributed by atoms with Crippen LogP contribution < -0.4 is 5.73 Å². The van der Waals surface area contributed by atoms with Crippen molar-refractivity contribution in [3.05, 3.63) is 34.9 Å². The van der Waals surface area contributed by atoms with Crippen LogP contribution in [-0.4, -0.2) is 24.0 Å². The maximum Gasteiger partial charge on any atom is 0.0409 e. The quantitative estimate of drug-likeness (QED) is 0.897. The molecular formula is C13H20Cl2N2. The second-order valence-electron chi connectivity index (χ2n) is 4.60. The van der Waals surface area contributed by atoms with E-state index in [-0.39, 0.29) is 12.4 Å². The highest BCUT2D eigenvalue weighted by Crippen LogP contribution is 2.25. The fourth-order valence-corrected chi connectivity index (χ4v) is 2.48. The van der Waals surface area contributed by atoms with Gasteiger partial charge in [0.15, 0.2) is 0 Å². The summed E-state index contributed by atoms with van der Waals surface area (Å²) in [6, 6.07) is 8.97. The van der Waals surface area contributed by atoms with Gasteiger partial charge in [-0.2, -0.15) is 0 Å². The molecule has 0 saturated carbocycles. The summed E-state index contributed by atoms with van der Waals surface area (Å²) < 4.78 is 0. The predicted octanol–water partition coefficient (Wildman–Crippen LogP) is 3.25. The molecule has 0 bridgehead atoms. The van der Waals surface area contributed by atoms with Crippen LogP contribution in [0.1, 0.15) is 31.4 Å². The molecule has 4 heteroatoms. The summed E-state index contributed by atoms with van der Waals surface area (Å²) in [6.45, 7) is 4.42. The molecule has 2 N–H and O–H groups in total. The van der Waals surface area contributed by atoms with Crippen LogP contribution in [0.2, 0.25) is 5.02 Å². The van der Waals surface area contributed by atoms with Crippen molar-refractivity contribution in [1.82, 2.24) is 4.90 Å². The lowest BCUT2D eigenvalue weighted by molar-refractivity contribution is 0.163. The van der Waals surface area contributed by atoms with E-state index in [4.69, 9.17) is 17.3 Å². The molecule has 2 rings (SSSR count). The van der Waals surface area contributed by atoms with Gasteiger partial charge in [0, 0.05) is 30.2 Å². The molecule has 2 nitrogen and oxygen atoms in total. The summed E-state index contributed by atoms with van der Waals surface area (Å²) in [7, 11) is 0. The van der Waals surface area contributed by atoms with Gasteiger partial charge < -0.3 is 5.73 Å². The van der Waals surface area contributed by atoms with E-state index >= 15 is 0 Å². The Labute approximate surface area is 115 Å². The van der Waals surface area contributed by atoms with Crippen LogP contribution in [0.5, 0.6) is 0 Å². The number of hydrogen-bond donors (Lipinski definition) is 1. The second kappa shape index (κ2) is 6.60. The lowest BCUT2D eigenvalue weighted by Crippen LogP contribution is -2.40. The molecule has 1 saturated heterocycles. The van der Waals surface area contributed by atoms with Crippen LogP contribution >= 0.6 is 24.0 Å². The highest BCUT2D eigenvalue weighted by molar-refractivity contribution is 6.30. The standard InChI is InChI=1S/C13H19ClN2.ClH/c1-10(11-3-2-4-12(14)9-11)16-7-5-13(15)6-8-16;/h2-4,9-10,13H,5-8,15H2,1H3;1H. The lowest BCUT2D eigenvalue weighted by Gasteiger charge is -2.35. The Morgan fingerprint density at radius 1 is 1.35 bits per heavy atom. The van der Waals surface area contributed by atoms with E-state index in [0.717, 1.165) is 31.0 Å². The average molecular weight is 275 g/mol. The van der Waals surface area contributed by atoms with Crippen molar-refractivity contribution in [3.63, 3.8) is 0 Å². The molecule has 1 fully saturated rings. The maximum atomic E-state index is 6.01. The van der Waals surface area contributed by atoms with Crippen molar-refractivity contribution in [2.24, 2.45) is 5.73 Å². The van der Waals surface area contributed by atoms with Crippen molar-refractivity contribution in [1.29, 1.82) is 0 Å². The molecule has 1 aromatic rings. The summed E-state index contributed by atoms with van der Waals surface area (Å²) in [4.78, 5) is 2.48. The molecule has 0 aromatic heterocycles. The monoisotopic (exact) mass is 274 g/mol. The Balaban J connectivity index is 0.00000144. The minimum absolute atomic E-state index is 0. The van der Waals surface area contributed by atoms with Gasteiger partial charge in [0.2, 0.25) is 0 Å². The van der Waals surface area contributed by atoms with Gasteiger partial charge in [0.25, 0.3) is 0 Å². The molecule has 1 aromatic carbocycles. The third-order valence-electron chi connectivity index (χ3n) is 3.45. The molecular weight excluding hydrogens is 255 g/mol. The second-order valence-corrected chi connectivity index (χ2v) is 5.04. The average Bonchev–Trinajstić information content (AvgIpc) is 2.29. The number of halogens is 2. The zero-order chi connectivity index (χ0) is 11.5. The molecule has 0 aliphatic carbocycles. The third kappa shape index (κ3) is 3.85. The number of hydrogen-bond acceptors (Lipinski definition) is 2. The summed E-state index contributed by atoms with van der Waals surface area (Å²) in [5.74, 6) is 0. The fourth-order valence-electron chi connectivity index (χ4n) is 2.28. The van der Waals surface area contributed by atoms with Gasteiger partial charge >= 0.3 is 0 Å². The summed E-state index contributed by atoms with van der Waals surface area (Å²) in [5.41, 5.74) is 7.21. The van der Waals surface area contributed by atoms with Crippen molar-refractivity contribution >= 4 is 24.0 Å². The Bertz CT molecular complexity index is 349. The van der Waals surface area contributed by atoms with E-state index < -0.39 is 0 Å². The normalized spacial score (nSPS) is 19.7. The molecule has 1 aliphatic heterocycles. The summed E-state index contributed by atoms with van der Waals surface area (Å²) in [6.07, 6.45) is 2.20. The van der Waals surface area contributed by atoms with Gasteiger partial charge in [0.1, 0.15) is 0 Å². The van der Waals surface area contributed by atoms with Gasteiger partial charge in [-0.3, -0.25) is 4.90 Å². The van der Waals surface area contributed by atoms with Gasteiger partial charge in [-0.25, -0.2) is 0 Å². The minimum atomic E-state index is 0. The van der Waals surface area contributed by atoms with E-state index in [1.54, 1.807) is 0 Å². The largest absolute Gasteiger partial charge is 0.328 e. The first-order valence-corrected chi connectivity index (χ1v) is 6.29. The first-order valence-electron chi connectivity index (χ1n) is 5.92. The van der Waals surface area contributed by atoms with Crippen LogP contribution in [0.3, 0.4) is 0 Å². The van der Waals surface area contributed by atoms with E-state index in [1.807, 2.05) is 12.1 Å². The molecule has 0 radical (unpaired) electrons. The van der Waals surface area contributed by atoms with Gasteiger partial charge in [-0.15, -0.1) is 12.4 Å². The van der Waals surface area contributed by atoms with Crippen molar-refractivity contribution < 1.29 is 0 Å². The first-order chi connectivity index (χ1) is 7.66. The smallest absolute Gasteiger partial charge is 0.0409 e. The van der Waals surface area contributed by atoms with Crippen molar-refractivity contribution in [2.75, 3.05) is 13.1 Å². The number of nitrogens with zero attached hydrogens (tertiary/aromatic N) is 1. The number of nitrogens with two attached hydrogens (primary N) is 1. The number of rotatable bonds is 2. The molecule has 96 valence electrons. The molecule has 1 unspecified atom stereocenters. The molecule has 0 amide bonds.